The second-order valence-corrected chi connectivity index (χ2v) is 12.5. The SMILES string of the molecule is CC(C)[C@H](NC(=O)[C@@H](NC(=O)[C@H](CC(=O)O)NC(=O)[C@H](CO)NC(=O)[C@H](CCCN=C(N)N)NC(=O)[C@@H](N)CS)[C@@H](C)O)C(=O)N[C@@H](CS)C(N)=O. The topological polar surface area (TPSA) is 386 Å². The number of carbonyl (C=O) groups excluding carboxylic acids is 7. The number of hydrogen-bond donors (Lipinski definition) is 15. The standard InChI is InChI=1S/C28H51N11O11S2/c1-11(2)19(26(49)37-17(10-52)21(30)44)38-27(50)20(12(3)41)39-24(47)15(7-18(42)43)35-25(48)16(8-40)36-23(46)14(5-4-6-33-28(31)32)34-22(45)13(29)9-51/h11-17,19-20,40-41,51-52H,4-10,29H2,1-3H3,(H2,30,44)(H,34,45)(H,35,48)(H,36,46)(H,37,49)(H,38,50)(H,39,47)(H,42,43)(H4,31,32,33)/t12-,13+,14+,15+,16+,17+,19+,20+/m1/s1. The van der Waals surface area contributed by atoms with E-state index in [1.807, 2.05) is 0 Å². The fraction of sp³-hybridized carbons (Fsp3) is 0.679. The Morgan fingerprint density at radius 3 is 1.62 bits per heavy atom. The minimum absolute atomic E-state index is 0.0551. The van der Waals surface area contributed by atoms with E-state index < -0.39 is 115 Å². The lowest BCUT2D eigenvalue weighted by atomic mass is 10.0. The molecule has 0 spiro atoms. The fourth-order valence-corrected chi connectivity index (χ4v) is 4.60. The number of thiol groups is 2. The van der Waals surface area contributed by atoms with Gasteiger partial charge in [-0.25, -0.2) is 0 Å². The molecule has 0 bridgehead atoms. The summed E-state index contributed by atoms with van der Waals surface area (Å²) in [6, 6.07) is -10.4. The quantitative estimate of drug-likeness (QED) is 0.0187. The summed E-state index contributed by atoms with van der Waals surface area (Å²) in [6.45, 7) is 3.23. The molecule has 17 N–H and O–H groups in total. The smallest absolute Gasteiger partial charge is 0.305 e. The molecule has 8 atom stereocenters. The number of primary amides is 1. The van der Waals surface area contributed by atoms with Crippen molar-refractivity contribution in [2.75, 3.05) is 24.7 Å². The number of aliphatic imine (C=N–C) groups is 1. The van der Waals surface area contributed by atoms with Gasteiger partial charge in [-0.1, -0.05) is 13.8 Å². The predicted molar refractivity (Wildman–Crippen MR) is 192 cm³/mol. The van der Waals surface area contributed by atoms with Crippen LogP contribution in [0.3, 0.4) is 0 Å². The summed E-state index contributed by atoms with van der Waals surface area (Å²) in [5.74, 6) is -9.65. The molecule has 24 heteroatoms. The van der Waals surface area contributed by atoms with Gasteiger partial charge in [-0.15, -0.1) is 0 Å². The zero-order valence-electron chi connectivity index (χ0n) is 28.9. The maximum absolute atomic E-state index is 13.2. The van der Waals surface area contributed by atoms with Crippen LogP contribution in [0.5, 0.6) is 0 Å². The molecule has 0 aliphatic carbocycles. The van der Waals surface area contributed by atoms with Crippen molar-refractivity contribution < 1.29 is 53.7 Å². The minimum Gasteiger partial charge on any atom is -0.481 e. The summed E-state index contributed by atoms with van der Waals surface area (Å²) in [7, 11) is 0. The van der Waals surface area contributed by atoms with Crippen molar-refractivity contribution in [1.82, 2.24) is 31.9 Å². The molecule has 0 aromatic heterocycles. The van der Waals surface area contributed by atoms with E-state index in [-0.39, 0.29) is 36.9 Å². The Morgan fingerprint density at radius 1 is 0.673 bits per heavy atom. The van der Waals surface area contributed by atoms with Crippen LogP contribution < -0.4 is 54.8 Å². The minimum atomic E-state index is -1.93. The molecule has 0 aromatic carbocycles. The molecule has 0 aliphatic heterocycles. The zero-order valence-corrected chi connectivity index (χ0v) is 30.7. The lowest BCUT2D eigenvalue weighted by Gasteiger charge is -2.29. The number of rotatable bonds is 24. The first kappa shape index (κ1) is 47.6. The molecule has 52 heavy (non-hydrogen) atoms. The van der Waals surface area contributed by atoms with Crippen molar-refractivity contribution >= 4 is 78.5 Å². The third kappa shape index (κ3) is 17.2. The summed E-state index contributed by atoms with van der Waals surface area (Å²) in [6.07, 6.45) is -2.57. The first-order chi connectivity index (χ1) is 24.2. The number of amides is 7. The number of aliphatic hydroxyl groups is 2. The van der Waals surface area contributed by atoms with E-state index in [4.69, 9.17) is 22.9 Å². The summed E-state index contributed by atoms with van der Waals surface area (Å²) < 4.78 is 0. The second-order valence-electron chi connectivity index (χ2n) is 11.8. The third-order valence-corrected chi connectivity index (χ3v) is 7.85. The molecule has 0 aromatic rings. The normalized spacial score (nSPS) is 15.6. The first-order valence-electron chi connectivity index (χ1n) is 15.8. The summed E-state index contributed by atoms with van der Waals surface area (Å²) in [4.78, 5) is 105. The molecule has 0 unspecified atom stereocenters. The molecule has 0 rings (SSSR count). The van der Waals surface area contributed by atoms with Gasteiger partial charge in [0.15, 0.2) is 5.96 Å². The number of hydrogen-bond acceptors (Lipinski definition) is 14. The van der Waals surface area contributed by atoms with E-state index in [0.717, 1.165) is 6.92 Å². The molecule has 0 saturated heterocycles. The van der Waals surface area contributed by atoms with Crippen molar-refractivity contribution in [2.45, 2.75) is 88.4 Å². The third-order valence-electron chi connectivity index (χ3n) is 7.09. The van der Waals surface area contributed by atoms with E-state index >= 15 is 0 Å². The van der Waals surface area contributed by atoms with Crippen molar-refractivity contribution in [3.05, 3.63) is 0 Å². The number of carboxylic acids is 1. The van der Waals surface area contributed by atoms with Gasteiger partial charge in [0.25, 0.3) is 0 Å². The highest BCUT2D eigenvalue weighted by molar-refractivity contribution is 7.80. The van der Waals surface area contributed by atoms with Crippen LogP contribution in [0, 0.1) is 5.92 Å². The average molecular weight is 782 g/mol. The van der Waals surface area contributed by atoms with E-state index in [1.165, 1.54) is 0 Å². The Labute approximate surface area is 310 Å². The maximum atomic E-state index is 13.2. The summed E-state index contributed by atoms with van der Waals surface area (Å²) in [5, 5.41) is 43.1. The van der Waals surface area contributed by atoms with Crippen LogP contribution in [0.15, 0.2) is 4.99 Å². The molecular formula is C28H51N11O11S2. The first-order valence-corrected chi connectivity index (χ1v) is 17.1. The van der Waals surface area contributed by atoms with Crippen LogP contribution in [0.4, 0.5) is 0 Å². The number of guanidine groups is 1. The molecule has 7 amide bonds. The van der Waals surface area contributed by atoms with Gasteiger partial charge in [-0.3, -0.25) is 43.3 Å². The number of carboxylic acid groups (broad SMARTS) is 1. The molecule has 296 valence electrons. The van der Waals surface area contributed by atoms with Crippen LogP contribution in [-0.2, 0) is 38.4 Å². The predicted octanol–water partition coefficient (Wildman–Crippen LogP) is -6.88. The van der Waals surface area contributed by atoms with Gasteiger partial charge in [0, 0.05) is 18.1 Å². The van der Waals surface area contributed by atoms with Gasteiger partial charge >= 0.3 is 5.97 Å². The molecule has 0 aliphatic rings. The molecule has 0 heterocycles. The van der Waals surface area contributed by atoms with E-state index in [1.54, 1.807) is 13.8 Å². The van der Waals surface area contributed by atoms with Gasteiger partial charge in [-0.05, 0) is 25.7 Å². The van der Waals surface area contributed by atoms with Crippen LogP contribution in [-0.4, -0.2) is 142 Å². The van der Waals surface area contributed by atoms with Crippen LogP contribution in [0.25, 0.3) is 0 Å². The molecular weight excluding hydrogens is 731 g/mol. The number of nitrogens with two attached hydrogens (primary N) is 4. The zero-order chi connectivity index (χ0) is 40.3. The number of aliphatic carboxylic acids is 1. The number of nitrogens with one attached hydrogen (secondary N) is 6. The fourth-order valence-electron chi connectivity index (χ4n) is 4.16. The number of aliphatic hydroxyl groups excluding tert-OH is 2. The Bertz CT molecular complexity index is 1300. The summed E-state index contributed by atoms with van der Waals surface area (Å²) >= 11 is 7.89. The van der Waals surface area contributed by atoms with E-state index in [0.29, 0.717) is 0 Å². The molecule has 0 saturated carbocycles. The lowest BCUT2D eigenvalue weighted by molar-refractivity contribution is -0.142. The van der Waals surface area contributed by atoms with Gasteiger partial charge in [0.05, 0.1) is 25.2 Å². The van der Waals surface area contributed by atoms with Crippen LogP contribution in [0.2, 0.25) is 0 Å². The van der Waals surface area contributed by atoms with Gasteiger partial charge in [0.1, 0.15) is 36.3 Å². The van der Waals surface area contributed by atoms with Crippen LogP contribution in [0.1, 0.15) is 40.0 Å². The average Bonchev–Trinajstić information content (AvgIpc) is 3.06. The van der Waals surface area contributed by atoms with Crippen molar-refractivity contribution in [3.8, 4) is 0 Å². The molecule has 0 fully saturated rings. The van der Waals surface area contributed by atoms with E-state index in [2.05, 4.69) is 62.2 Å². The van der Waals surface area contributed by atoms with E-state index in [9.17, 15) is 53.7 Å². The Hall–Kier alpha value is -4.39. The lowest BCUT2D eigenvalue weighted by Crippen LogP contribution is -2.62. The number of carbonyl (C=O) groups is 8. The second kappa shape index (κ2) is 24.0. The Morgan fingerprint density at radius 2 is 1.15 bits per heavy atom. The Kier molecular flexibility index (Phi) is 21.9. The van der Waals surface area contributed by atoms with Gasteiger partial charge < -0.3 is 70.2 Å². The highest BCUT2D eigenvalue weighted by atomic mass is 32.1. The largest absolute Gasteiger partial charge is 0.481 e. The monoisotopic (exact) mass is 781 g/mol. The summed E-state index contributed by atoms with van der Waals surface area (Å²) in [5.41, 5.74) is 21.5. The highest BCUT2D eigenvalue weighted by Gasteiger charge is 2.36. The Balaban J connectivity index is 6.01. The van der Waals surface area contributed by atoms with Crippen molar-refractivity contribution in [3.63, 3.8) is 0 Å². The maximum Gasteiger partial charge on any atom is 0.305 e. The van der Waals surface area contributed by atoms with Crippen molar-refractivity contribution in [2.24, 2.45) is 33.8 Å². The molecule has 22 nitrogen and oxygen atoms in total. The highest BCUT2D eigenvalue weighted by Crippen LogP contribution is 2.07. The van der Waals surface area contributed by atoms with Gasteiger partial charge in [-0.2, -0.15) is 25.3 Å². The van der Waals surface area contributed by atoms with Crippen molar-refractivity contribution in [1.29, 1.82) is 0 Å². The van der Waals surface area contributed by atoms with Gasteiger partial charge in [0.2, 0.25) is 41.4 Å². The number of nitrogens with zero attached hydrogens (tertiary/aromatic N) is 1. The molecule has 0 radical (unpaired) electrons. The van der Waals surface area contributed by atoms with Crippen LogP contribution >= 0.6 is 25.3 Å².